The van der Waals surface area contributed by atoms with E-state index in [1.54, 1.807) is 4.90 Å². The molecule has 0 aromatic rings. The molecule has 2 atom stereocenters. The number of nitrogens with one attached hydrogen (secondary N) is 3. The Morgan fingerprint density at radius 2 is 1.82 bits per heavy atom. The zero-order valence-corrected chi connectivity index (χ0v) is 19.6. The highest BCUT2D eigenvalue weighted by Gasteiger charge is 2.35. The molecule has 4 N–H and O–H groups in total. The minimum Gasteiger partial charge on any atom is -0.480 e. The smallest absolute Gasteiger partial charge is 0.322 e. The van der Waals surface area contributed by atoms with Gasteiger partial charge >= 0.3 is 5.97 Å². The van der Waals surface area contributed by atoms with Gasteiger partial charge in [-0.25, -0.2) is 10.4 Å². The van der Waals surface area contributed by atoms with Gasteiger partial charge in [-0.1, -0.05) is 0 Å². The highest BCUT2D eigenvalue weighted by atomic mass is 16.4. The van der Waals surface area contributed by atoms with Gasteiger partial charge in [-0.15, -0.1) is 0 Å². The number of amides is 4. The normalized spacial score (nSPS) is 20.1. The van der Waals surface area contributed by atoms with Gasteiger partial charge in [0.15, 0.2) is 0 Å². The second kappa shape index (κ2) is 13.2. The highest BCUT2D eigenvalue weighted by molar-refractivity contribution is 5.96. The summed E-state index contributed by atoms with van der Waals surface area (Å²) in [4.78, 5) is 62.7. The van der Waals surface area contributed by atoms with Crippen LogP contribution in [0.4, 0.5) is 0 Å². The number of aliphatic carboxylic acids is 1. The lowest BCUT2D eigenvalue weighted by atomic mass is 9.92. The van der Waals surface area contributed by atoms with Gasteiger partial charge in [0.2, 0.25) is 23.6 Å². The zero-order valence-electron chi connectivity index (χ0n) is 19.6. The van der Waals surface area contributed by atoms with Gasteiger partial charge in [0, 0.05) is 39.4 Å². The van der Waals surface area contributed by atoms with E-state index in [2.05, 4.69) is 16.1 Å². The first-order valence-electron chi connectivity index (χ1n) is 11.8. The van der Waals surface area contributed by atoms with Crippen LogP contribution in [-0.4, -0.2) is 83.4 Å². The van der Waals surface area contributed by atoms with Crippen molar-refractivity contribution >= 4 is 29.6 Å². The number of likely N-dealkylation sites (tertiary alicyclic amines) is 1. The molecule has 11 heteroatoms. The number of carboxylic acids is 1. The standard InChI is InChI=1S/C22H37N5O6/c1-15(22(32)33)25-27(20(30)9-12-24-16(2)28)21(31)18-4-3-13-26(14-18)19(29)6-5-17-7-10-23-11-8-17/h15,17-18,23,25H,3-14H2,1-2H3,(H,24,28)(H,32,33)/t15-,18+/m0/s1. The molecule has 11 nitrogen and oxygen atoms in total. The van der Waals surface area contributed by atoms with Gasteiger partial charge in [-0.05, 0) is 58.0 Å². The molecule has 2 rings (SSSR count). The summed E-state index contributed by atoms with van der Waals surface area (Å²) in [5, 5.41) is 15.8. The van der Waals surface area contributed by atoms with E-state index in [4.69, 9.17) is 0 Å². The zero-order chi connectivity index (χ0) is 24.4. The van der Waals surface area contributed by atoms with Gasteiger partial charge in [0.1, 0.15) is 6.04 Å². The van der Waals surface area contributed by atoms with Crippen LogP contribution in [0.1, 0.15) is 58.8 Å². The average Bonchev–Trinajstić information content (AvgIpc) is 2.80. The topological polar surface area (TPSA) is 148 Å². The van der Waals surface area contributed by atoms with Crippen molar-refractivity contribution in [1.82, 2.24) is 26.0 Å². The van der Waals surface area contributed by atoms with Crippen LogP contribution >= 0.6 is 0 Å². The second-order valence-corrected chi connectivity index (χ2v) is 8.90. The van der Waals surface area contributed by atoms with Crippen LogP contribution in [0, 0.1) is 11.8 Å². The molecule has 0 aromatic carbocycles. The summed E-state index contributed by atoms with van der Waals surface area (Å²) in [6, 6.07) is -1.16. The number of piperidine rings is 2. The molecule has 0 spiro atoms. The maximum atomic E-state index is 13.2. The summed E-state index contributed by atoms with van der Waals surface area (Å²) in [6.45, 7) is 5.43. The van der Waals surface area contributed by atoms with Crippen LogP contribution in [-0.2, 0) is 24.0 Å². The minimum atomic E-state index is -1.21. The second-order valence-electron chi connectivity index (χ2n) is 8.90. The third-order valence-corrected chi connectivity index (χ3v) is 6.22. The fourth-order valence-corrected chi connectivity index (χ4v) is 4.21. The van der Waals surface area contributed by atoms with Crippen molar-refractivity contribution in [2.24, 2.45) is 11.8 Å². The Morgan fingerprint density at radius 1 is 1.12 bits per heavy atom. The van der Waals surface area contributed by atoms with Gasteiger partial charge in [0.25, 0.3) is 0 Å². The number of carbonyl (C=O) groups excluding carboxylic acids is 4. The molecule has 2 fully saturated rings. The third kappa shape index (κ3) is 8.73. The lowest BCUT2D eigenvalue weighted by Gasteiger charge is -2.35. The maximum Gasteiger partial charge on any atom is 0.322 e. The van der Waals surface area contributed by atoms with E-state index in [1.165, 1.54) is 13.8 Å². The Kier molecular flexibility index (Phi) is 10.7. The monoisotopic (exact) mass is 467 g/mol. The van der Waals surface area contributed by atoms with E-state index < -0.39 is 29.7 Å². The predicted octanol–water partition coefficient (Wildman–Crippen LogP) is -0.136. The van der Waals surface area contributed by atoms with E-state index in [9.17, 15) is 29.1 Å². The van der Waals surface area contributed by atoms with E-state index in [-0.39, 0.29) is 31.3 Å². The summed E-state index contributed by atoms with van der Waals surface area (Å²) in [6.07, 6.45) is 4.40. The summed E-state index contributed by atoms with van der Waals surface area (Å²) in [5.41, 5.74) is 2.48. The van der Waals surface area contributed by atoms with Gasteiger partial charge in [0.05, 0.1) is 5.92 Å². The third-order valence-electron chi connectivity index (χ3n) is 6.22. The van der Waals surface area contributed by atoms with Crippen LogP contribution < -0.4 is 16.1 Å². The van der Waals surface area contributed by atoms with E-state index in [0.717, 1.165) is 37.4 Å². The van der Waals surface area contributed by atoms with Gasteiger partial charge < -0.3 is 20.6 Å². The first kappa shape index (κ1) is 26.7. The van der Waals surface area contributed by atoms with Gasteiger partial charge in [-0.2, -0.15) is 0 Å². The summed E-state index contributed by atoms with van der Waals surface area (Å²) in [5.74, 6) is -2.74. The first-order valence-corrected chi connectivity index (χ1v) is 11.8. The molecule has 186 valence electrons. The van der Waals surface area contributed by atoms with Crippen molar-refractivity contribution < 1.29 is 29.1 Å². The largest absolute Gasteiger partial charge is 0.480 e. The summed E-state index contributed by atoms with van der Waals surface area (Å²) in [7, 11) is 0. The van der Waals surface area contributed by atoms with Crippen molar-refractivity contribution in [2.45, 2.75) is 64.8 Å². The summed E-state index contributed by atoms with van der Waals surface area (Å²) >= 11 is 0. The quantitative estimate of drug-likeness (QED) is 0.325. The molecule has 2 aliphatic rings. The van der Waals surface area contributed by atoms with Crippen LogP contribution in [0.2, 0.25) is 0 Å². The fraction of sp³-hybridized carbons (Fsp3) is 0.773. The molecule has 0 unspecified atom stereocenters. The molecule has 4 amide bonds. The van der Waals surface area contributed by atoms with E-state index >= 15 is 0 Å². The Balaban J connectivity index is 1.97. The molecular weight excluding hydrogens is 430 g/mol. The molecule has 0 saturated carbocycles. The molecule has 2 heterocycles. The molecule has 0 radical (unpaired) electrons. The number of hydrogen-bond acceptors (Lipinski definition) is 7. The molecular formula is C22H37N5O6. The van der Waals surface area contributed by atoms with E-state index in [1.807, 2.05) is 0 Å². The highest BCUT2D eigenvalue weighted by Crippen LogP contribution is 2.22. The maximum absolute atomic E-state index is 13.2. The Bertz CT molecular complexity index is 724. The Hall–Kier alpha value is -2.53. The number of carbonyl (C=O) groups is 5. The van der Waals surface area contributed by atoms with Crippen LogP contribution in [0.5, 0.6) is 0 Å². The first-order chi connectivity index (χ1) is 15.7. The lowest BCUT2D eigenvalue weighted by Crippen LogP contribution is -2.57. The van der Waals surface area contributed by atoms with Crippen molar-refractivity contribution in [3.63, 3.8) is 0 Å². The number of carboxylic acid groups (broad SMARTS) is 1. The number of hydrazine groups is 1. The Labute approximate surface area is 194 Å². The van der Waals surface area contributed by atoms with Crippen LogP contribution in [0.25, 0.3) is 0 Å². The minimum absolute atomic E-state index is 0.0152. The van der Waals surface area contributed by atoms with Crippen LogP contribution in [0.3, 0.4) is 0 Å². The average molecular weight is 468 g/mol. The molecule has 0 aliphatic carbocycles. The molecule has 0 aromatic heterocycles. The number of nitrogens with zero attached hydrogens (tertiary/aromatic N) is 2. The Morgan fingerprint density at radius 3 is 2.45 bits per heavy atom. The van der Waals surface area contributed by atoms with E-state index in [0.29, 0.717) is 31.7 Å². The number of rotatable bonds is 10. The molecule has 0 bridgehead atoms. The van der Waals surface area contributed by atoms with Gasteiger partial charge in [-0.3, -0.25) is 24.0 Å². The van der Waals surface area contributed by atoms with Crippen LogP contribution in [0.15, 0.2) is 0 Å². The van der Waals surface area contributed by atoms with Crippen molar-refractivity contribution in [3.05, 3.63) is 0 Å². The lowest BCUT2D eigenvalue weighted by molar-refractivity contribution is -0.155. The predicted molar refractivity (Wildman–Crippen MR) is 120 cm³/mol. The molecule has 2 aliphatic heterocycles. The number of imide groups is 1. The van der Waals surface area contributed by atoms with Crippen molar-refractivity contribution in [3.8, 4) is 0 Å². The van der Waals surface area contributed by atoms with Crippen molar-refractivity contribution in [1.29, 1.82) is 0 Å². The molecule has 2 saturated heterocycles. The number of hydrogen-bond donors (Lipinski definition) is 4. The van der Waals surface area contributed by atoms with Crippen molar-refractivity contribution in [2.75, 3.05) is 32.7 Å². The fourth-order valence-electron chi connectivity index (χ4n) is 4.21. The summed E-state index contributed by atoms with van der Waals surface area (Å²) < 4.78 is 0. The molecule has 33 heavy (non-hydrogen) atoms. The SMILES string of the molecule is CC(=O)NCCC(=O)N(N[C@@H](C)C(=O)O)C(=O)[C@@H]1CCCN(C(=O)CCC2CCNCC2)C1.